The molecule has 0 aliphatic rings. The lowest BCUT2D eigenvalue weighted by molar-refractivity contribution is 0.544. The lowest BCUT2D eigenvalue weighted by Gasteiger charge is -2.07. The zero-order valence-corrected chi connectivity index (χ0v) is 10.4. The topological polar surface area (TPSA) is 46.9 Å². The van der Waals surface area contributed by atoms with Crippen LogP contribution >= 0.6 is 0 Å². The smallest absolute Gasteiger partial charge is 0.293 e. The van der Waals surface area contributed by atoms with Crippen LogP contribution in [0.3, 0.4) is 0 Å². The second-order valence-electron chi connectivity index (χ2n) is 4.51. The molecule has 1 N–H and O–H groups in total. The van der Waals surface area contributed by atoms with E-state index in [2.05, 4.69) is 24.1 Å². The van der Waals surface area contributed by atoms with E-state index in [1.54, 1.807) is 19.4 Å². The molecular formula is C12H21N3O. The van der Waals surface area contributed by atoms with Crippen LogP contribution in [0.2, 0.25) is 0 Å². The molecule has 0 saturated heterocycles. The molecule has 1 aromatic heterocycles. The van der Waals surface area contributed by atoms with Crippen molar-refractivity contribution in [2.75, 3.05) is 11.9 Å². The van der Waals surface area contributed by atoms with Crippen molar-refractivity contribution in [3.63, 3.8) is 0 Å². The van der Waals surface area contributed by atoms with Crippen molar-refractivity contribution in [1.29, 1.82) is 0 Å². The normalized spacial score (nSPS) is 10.8. The summed E-state index contributed by atoms with van der Waals surface area (Å²) in [7, 11) is 1.73. The lowest BCUT2D eigenvalue weighted by atomic mass is 10.1. The first-order valence-corrected chi connectivity index (χ1v) is 5.86. The Bertz CT molecular complexity index is 371. The van der Waals surface area contributed by atoms with Gasteiger partial charge >= 0.3 is 0 Å². The van der Waals surface area contributed by atoms with Gasteiger partial charge in [0.1, 0.15) is 0 Å². The predicted octanol–water partition coefficient (Wildman–Crippen LogP) is 2.02. The Hall–Kier alpha value is -1.32. The number of aryl methyl sites for hydroxylation is 1. The molecule has 1 rings (SSSR count). The van der Waals surface area contributed by atoms with E-state index in [0.717, 1.165) is 18.9 Å². The minimum Gasteiger partial charge on any atom is -0.365 e. The van der Waals surface area contributed by atoms with Gasteiger partial charge in [-0.2, -0.15) is 0 Å². The SMILES string of the molecule is CC(C)CCCCNc1nccn(C)c1=O. The average Bonchev–Trinajstić information content (AvgIpc) is 2.23. The number of nitrogens with one attached hydrogen (secondary N) is 1. The molecule has 4 heteroatoms. The van der Waals surface area contributed by atoms with Gasteiger partial charge in [0.05, 0.1) is 0 Å². The Balaban J connectivity index is 2.32. The van der Waals surface area contributed by atoms with Crippen molar-refractivity contribution in [1.82, 2.24) is 9.55 Å². The van der Waals surface area contributed by atoms with E-state index in [-0.39, 0.29) is 5.56 Å². The zero-order valence-electron chi connectivity index (χ0n) is 10.4. The first-order valence-electron chi connectivity index (χ1n) is 5.86. The molecular weight excluding hydrogens is 202 g/mol. The number of nitrogens with zero attached hydrogens (tertiary/aromatic N) is 2. The van der Waals surface area contributed by atoms with E-state index in [9.17, 15) is 4.79 Å². The van der Waals surface area contributed by atoms with Crippen LogP contribution in [0, 0.1) is 5.92 Å². The number of anilines is 1. The van der Waals surface area contributed by atoms with Crippen LogP contribution in [0.1, 0.15) is 33.1 Å². The molecule has 0 atom stereocenters. The molecule has 16 heavy (non-hydrogen) atoms. The fourth-order valence-electron chi connectivity index (χ4n) is 1.50. The quantitative estimate of drug-likeness (QED) is 0.750. The van der Waals surface area contributed by atoms with Crippen LogP contribution in [0.25, 0.3) is 0 Å². The van der Waals surface area contributed by atoms with Crippen molar-refractivity contribution in [2.45, 2.75) is 33.1 Å². The van der Waals surface area contributed by atoms with E-state index >= 15 is 0 Å². The Labute approximate surface area is 96.7 Å². The zero-order chi connectivity index (χ0) is 12.0. The van der Waals surface area contributed by atoms with Crippen LogP contribution < -0.4 is 10.9 Å². The van der Waals surface area contributed by atoms with Gasteiger partial charge in [-0.15, -0.1) is 0 Å². The fraction of sp³-hybridized carbons (Fsp3) is 0.667. The molecule has 0 fully saturated rings. The van der Waals surface area contributed by atoms with Crippen LogP contribution in [-0.4, -0.2) is 16.1 Å². The molecule has 0 saturated carbocycles. The highest BCUT2D eigenvalue weighted by Crippen LogP contribution is 2.05. The number of unbranched alkanes of at least 4 members (excludes halogenated alkanes) is 1. The second-order valence-corrected chi connectivity index (χ2v) is 4.51. The Morgan fingerprint density at radius 2 is 2.19 bits per heavy atom. The fourth-order valence-corrected chi connectivity index (χ4v) is 1.50. The molecule has 0 aliphatic carbocycles. The Kier molecular flexibility index (Phi) is 5.02. The molecule has 0 aliphatic heterocycles. The molecule has 0 bridgehead atoms. The summed E-state index contributed by atoms with van der Waals surface area (Å²) in [6.07, 6.45) is 6.81. The van der Waals surface area contributed by atoms with Gasteiger partial charge in [0.15, 0.2) is 5.82 Å². The van der Waals surface area contributed by atoms with E-state index < -0.39 is 0 Å². The van der Waals surface area contributed by atoms with Gasteiger partial charge in [-0.05, 0) is 12.3 Å². The van der Waals surface area contributed by atoms with E-state index in [1.165, 1.54) is 17.4 Å². The maximum absolute atomic E-state index is 11.6. The number of rotatable bonds is 6. The van der Waals surface area contributed by atoms with Crippen LogP contribution in [-0.2, 0) is 7.05 Å². The highest BCUT2D eigenvalue weighted by atomic mass is 16.1. The third-order valence-corrected chi connectivity index (χ3v) is 2.52. The summed E-state index contributed by atoms with van der Waals surface area (Å²) in [6.45, 7) is 5.27. The highest BCUT2D eigenvalue weighted by molar-refractivity contribution is 5.30. The van der Waals surface area contributed by atoms with Crippen molar-refractivity contribution in [2.24, 2.45) is 13.0 Å². The average molecular weight is 223 g/mol. The Morgan fingerprint density at radius 3 is 2.88 bits per heavy atom. The van der Waals surface area contributed by atoms with E-state index in [4.69, 9.17) is 0 Å². The number of hydrogen-bond acceptors (Lipinski definition) is 3. The monoisotopic (exact) mass is 223 g/mol. The summed E-state index contributed by atoms with van der Waals surface area (Å²) < 4.78 is 1.53. The first kappa shape index (κ1) is 12.7. The molecule has 0 amide bonds. The van der Waals surface area contributed by atoms with Crippen molar-refractivity contribution in [3.05, 3.63) is 22.7 Å². The van der Waals surface area contributed by atoms with Crippen molar-refractivity contribution >= 4 is 5.82 Å². The maximum atomic E-state index is 11.6. The Morgan fingerprint density at radius 1 is 1.44 bits per heavy atom. The molecule has 0 aromatic carbocycles. The van der Waals surface area contributed by atoms with E-state index in [1.807, 2.05) is 0 Å². The predicted molar refractivity (Wildman–Crippen MR) is 66.7 cm³/mol. The lowest BCUT2D eigenvalue weighted by Crippen LogP contribution is -2.22. The molecule has 0 radical (unpaired) electrons. The molecule has 4 nitrogen and oxygen atoms in total. The maximum Gasteiger partial charge on any atom is 0.293 e. The molecule has 1 heterocycles. The third kappa shape index (κ3) is 4.04. The van der Waals surface area contributed by atoms with Gasteiger partial charge in [-0.25, -0.2) is 4.98 Å². The van der Waals surface area contributed by atoms with Gasteiger partial charge in [0.25, 0.3) is 5.56 Å². The van der Waals surface area contributed by atoms with Gasteiger partial charge < -0.3 is 9.88 Å². The third-order valence-electron chi connectivity index (χ3n) is 2.52. The van der Waals surface area contributed by atoms with Crippen LogP contribution in [0.15, 0.2) is 17.2 Å². The van der Waals surface area contributed by atoms with Gasteiger partial charge in [0, 0.05) is 26.0 Å². The van der Waals surface area contributed by atoms with Gasteiger partial charge in [0.2, 0.25) is 0 Å². The minimum atomic E-state index is -0.0636. The molecule has 90 valence electrons. The van der Waals surface area contributed by atoms with Gasteiger partial charge in [-0.3, -0.25) is 4.79 Å². The van der Waals surface area contributed by atoms with Crippen molar-refractivity contribution in [3.8, 4) is 0 Å². The summed E-state index contributed by atoms with van der Waals surface area (Å²) >= 11 is 0. The summed E-state index contributed by atoms with van der Waals surface area (Å²) in [4.78, 5) is 15.6. The summed E-state index contributed by atoms with van der Waals surface area (Å²) in [6, 6.07) is 0. The first-order chi connectivity index (χ1) is 7.61. The van der Waals surface area contributed by atoms with Gasteiger partial charge in [-0.1, -0.05) is 26.7 Å². The molecule has 0 spiro atoms. The summed E-state index contributed by atoms with van der Waals surface area (Å²) in [5.74, 6) is 1.21. The standard InChI is InChI=1S/C12H21N3O/c1-10(2)6-4-5-7-13-11-12(16)15(3)9-8-14-11/h8-10H,4-7H2,1-3H3,(H,13,14). The van der Waals surface area contributed by atoms with E-state index in [0.29, 0.717) is 5.82 Å². The second kappa shape index (κ2) is 6.30. The summed E-state index contributed by atoms with van der Waals surface area (Å²) in [5, 5.41) is 3.08. The van der Waals surface area contributed by atoms with Crippen LogP contribution in [0.4, 0.5) is 5.82 Å². The number of hydrogen-bond donors (Lipinski definition) is 1. The number of aromatic nitrogens is 2. The highest BCUT2D eigenvalue weighted by Gasteiger charge is 2.00. The molecule has 1 aromatic rings. The van der Waals surface area contributed by atoms with Crippen LogP contribution in [0.5, 0.6) is 0 Å². The van der Waals surface area contributed by atoms with Crippen molar-refractivity contribution < 1.29 is 0 Å². The molecule has 0 unspecified atom stereocenters. The summed E-state index contributed by atoms with van der Waals surface area (Å²) in [5.41, 5.74) is -0.0636. The minimum absolute atomic E-state index is 0.0636. The largest absolute Gasteiger partial charge is 0.365 e.